The average molecular weight is 224 g/mol. The molecule has 0 amide bonds. The summed E-state index contributed by atoms with van der Waals surface area (Å²) in [6.45, 7) is 2.10. The van der Waals surface area contributed by atoms with Crippen LogP contribution in [0.5, 0.6) is 0 Å². The fraction of sp³-hybridized carbons (Fsp3) is 0.625. The first kappa shape index (κ1) is 11.5. The second kappa shape index (κ2) is 3.86. The molecule has 14 heavy (non-hydrogen) atoms. The molecular formula is C8H11F3N2S. The number of alkyl halides is 3. The molecule has 2 nitrogen and oxygen atoms in total. The Labute approximate surface area is 84.4 Å². The van der Waals surface area contributed by atoms with Gasteiger partial charge < -0.3 is 4.90 Å². The second-order valence-electron chi connectivity index (χ2n) is 3.26. The second-order valence-corrected chi connectivity index (χ2v) is 4.35. The van der Waals surface area contributed by atoms with Gasteiger partial charge in [0.05, 0.1) is 5.69 Å². The van der Waals surface area contributed by atoms with Gasteiger partial charge >= 0.3 is 6.18 Å². The van der Waals surface area contributed by atoms with Crippen LogP contribution in [0, 0.1) is 6.92 Å². The summed E-state index contributed by atoms with van der Waals surface area (Å²) in [5.74, 6) is 0. The molecule has 0 fully saturated rings. The largest absolute Gasteiger partial charge is 0.443 e. The summed E-state index contributed by atoms with van der Waals surface area (Å²) in [4.78, 5) is 5.99. The molecule has 0 aliphatic rings. The van der Waals surface area contributed by atoms with Crippen molar-refractivity contribution in [3.63, 3.8) is 0 Å². The molecule has 0 atom stereocenters. The van der Waals surface area contributed by atoms with E-state index >= 15 is 0 Å². The Hall–Kier alpha value is -0.620. The van der Waals surface area contributed by atoms with Crippen molar-refractivity contribution in [3.05, 3.63) is 15.6 Å². The lowest BCUT2D eigenvalue weighted by atomic mass is 10.4. The van der Waals surface area contributed by atoms with Crippen molar-refractivity contribution in [2.75, 3.05) is 14.1 Å². The number of aryl methyl sites for hydroxylation is 1. The van der Waals surface area contributed by atoms with Crippen molar-refractivity contribution in [1.29, 1.82) is 0 Å². The van der Waals surface area contributed by atoms with Crippen LogP contribution in [0.3, 0.4) is 0 Å². The predicted octanol–water partition coefficient (Wildman–Crippen LogP) is 2.53. The van der Waals surface area contributed by atoms with Gasteiger partial charge in [-0.15, -0.1) is 11.3 Å². The van der Waals surface area contributed by atoms with E-state index in [1.165, 1.54) is 0 Å². The molecule has 0 saturated heterocycles. The minimum Gasteiger partial charge on any atom is -0.304 e. The van der Waals surface area contributed by atoms with E-state index in [1.54, 1.807) is 6.92 Å². The smallest absolute Gasteiger partial charge is 0.304 e. The molecule has 0 saturated carbocycles. The highest BCUT2D eigenvalue weighted by molar-refractivity contribution is 7.11. The van der Waals surface area contributed by atoms with Crippen LogP contribution in [0.25, 0.3) is 0 Å². The standard InChI is InChI=1S/C8H11F3N2S/c1-5-6(4-13(2)3)14-7(12-5)8(9,10)11/h4H2,1-3H3. The van der Waals surface area contributed by atoms with Gasteiger partial charge in [-0.05, 0) is 21.0 Å². The van der Waals surface area contributed by atoms with Crippen LogP contribution in [-0.4, -0.2) is 24.0 Å². The minimum absolute atomic E-state index is 0.469. The zero-order valence-corrected chi connectivity index (χ0v) is 8.96. The SMILES string of the molecule is Cc1nc(C(F)(F)F)sc1CN(C)C. The molecule has 0 bridgehead atoms. The van der Waals surface area contributed by atoms with Gasteiger partial charge in [0.2, 0.25) is 0 Å². The molecule has 6 heteroatoms. The highest BCUT2D eigenvalue weighted by Crippen LogP contribution is 2.34. The van der Waals surface area contributed by atoms with Gasteiger partial charge in [0.15, 0.2) is 5.01 Å². The van der Waals surface area contributed by atoms with E-state index in [0.29, 0.717) is 28.5 Å². The average Bonchev–Trinajstić information content (AvgIpc) is 2.30. The number of hydrogen-bond acceptors (Lipinski definition) is 3. The highest BCUT2D eigenvalue weighted by atomic mass is 32.1. The van der Waals surface area contributed by atoms with Crippen LogP contribution < -0.4 is 0 Å². The fourth-order valence-corrected chi connectivity index (χ4v) is 2.03. The molecule has 0 aliphatic carbocycles. The number of rotatable bonds is 2. The summed E-state index contributed by atoms with van der Waals surface area (Å²) in [6, 6.07) is 0. The first-order chi connectivity index (χ1) is 6.30. The zero-order chi connectivity index (χ0) is 10.9. The van der Waals surface area contributed by atoms with E-state index in [2.05, 4.69) is 4.98 Å². The molecule has 1 heterocycles. The third kappa shape index (κ3) is 2.68. The molecule has 0 aliphatic heterocycles. The summed E-state index contributed by atoms with van der Waals surface area (Å²) in [7, 11) is 3.62. The van der Waals surface area contributed by atoms with Gasteiger partial charge in [-0.25, -0.2) is 4.98 Å². The maximum Gasteiger partial charge on any atom is 0.443 e. The number of nitrogens with zero attached hydrogens (tertiary/aromatic N) is 2. The van der Waals surface area contributed by atoms with Gasteiger partial charge in [0.25, 0.3) is 0 Å². The number of hydrogen-bond donors (Lipinski definition) is 0. The van der Waals surface area contributed by atoms with Gasteiger partial charge in [-0.2, -0.15) is 13.2 Å². The third-order valence-electron chi connectivity index (χ3n) is 1.59. The van der Waals surface area contributed by atoms with Gasteiger partial charge in [0.1, 0.15) is 0 Å². The number of aromatic nitrogens is 1. The van der Waals surface area contributed by atoms with Crippen molar-refractivity contribution in [3.8, 4) is 0 Å². The van der Waals surface area contributed by atoms with Crippen molar-refractivity contribution in [2.45, 2.75) is 19.6 Å². The maximum absolute atomic E-state index is 12.3. The van der Waals surface area contributed by atoms with E-state index in [1.807, 2.05) is 19.0 Å². The first-order valence-corrected chi connectivity index (χ1v) is 4.80. The Morgan fingerprint density at radius 1 is 1.36 bits per heavy atom. The van der Waals surface area contributed by atoms with Crippen LogP contribution in [-0.2, 0) is 12.7 Å². The van der Waals surface area contributed by atoms with Crippen molar-refractivity contribution in [2.24, 2.45) is 0 Å². The molecule has 0 aromatic carbocycles. The van der Waals surface area contributed by atoms with E-state index in [4.69, 9.17) is 0 Å². The minimum atomic E-state index is -4.32. The van der Waals surface area contributed by atoms with Crippen molar-refractivity contribution in [1.82, 2.24) is 9.88 Å². The first-order valence-electron chi connectivity index (χ1n) is 3.99. The van der Waals surface area contributed by atoms with Crippen molar-refractivity contribution < 1.29 is 13.2 Å². The van der Waals surface area contributed by atoms with Gasteiger partial charge in [-0.1, -0.05) is 0 Å². The lowest BCUT2D eigenvalue weighted by Crippen LogP contribution is -2.10. The molecule has 1 rings (SSSR count). The Kier molecular flexibility index (Phi) is 3.16. The monoisotopic (exact) mass is 224 g/mol. The Balaban J connectivity index is 2.94. The Bertz CT molecular complexity index is 317. The Morgan fingerprint density at radius 3 is 2.29 bits per heavy atom. The molecule has 0 unspecified atom stereocenters. The quantitative estimate of drug-likeness (QED) is 0.767. The lowest BCUT2D eigenvalue weighted by molar-refractivity contribution is -0.137. The van der Waals surface area contributed by atoms with Gasteiger partial charge in [0, 0.05) is 11.4 Å². The van der Waals surface area contributed by atoms with Crippen molar-refractivity contribution >= 4 is 11.3 Å². The van der Waals surface area contributed by atoms with E-state index < -0.39 is 11.2 Å². The predicted molar refractivity (Wildman–Crippen MR) is 49.2 cm³/mol. The number of halogens is 3. The molecule has 0 radical (unpaired) electrons. The zero-order valence-electron chi connectivity index (χ0n) is 8.14. The molecule has 0 spiro atoms. The highest BCUT2D eigenvalue weighted by Gasteiger charge is 2.35. The van der Waals surface area contributed by atoms with Crippen LogP contribution in [0.4, 0.5) is 13.2 Å². The topological polar surface area (TPSA) is 16.1 Å². The molecule has 80 valence electrons. The molecule has 1 aromatic heterocycles. The fourth-order valence-electron chi connectivity index (χ4n) is 0.983. The van der Waals surface area contributed by atoms with E-state index in [-0.39, 0.29) is 0 Å². The summed E-state index contributed by atoms with van der Waals surface area (Å²) in [5, 5.41) is -0.758. The normalized spacial score (nSPS) is 12.5. The number of thiazole rings is 1. The van der Waals surface area contributed by atoms with E-state index in [9.17, 15) is 13.2 Å². The van der Waals surface area contributed by atoms with Crippen LogP contribution in [0.15, 0.2) is 0 Å². The molecular weight excluding hydrogens is 213 g/mol. The summed E-state index contributed by atoms with van der Waals surface area (Å²) in [5.41, 5.74) is 0.469. The summed E-state index contributed by atoms with van der Waals surface area (Å²) >= 11 is 0.717. The Morgan fingerprint density at radius 2 is 1.93 bits per heavy atom. The third-order valence-corrected chi connectivity index (χ3v) is 2.78. The van der Waals surface area contributed by atoms with Crippen LogP contribution >= 0.6 is 11.3 Å². The lowest BCUT2D eigenvalue weighted by Gasteiger charge is -2.06. The maximum atomic E-state index is 12.3. The van der Waals surface area contributed by atoms with Crippen LogP contribution in [0.2, 0.25) is 0 Å². The van der Waals surface area contributed by atoms with E-state index in [0.717, 1.165) is 0 Å². The molecule has 0 N–H and O–H groups in total. The van der Waals surface area contributed by atoms with Crippen LogP contribution in [0.1, 0.15) is 15.6 Å². The van der Waals surface area contributed by atoms with Gasteiger partial charge in [-0.3, -0.25) is 0 Å². The summed E-state index contributed by atoms with van der Waals surface area (Å²) < 4.78 is 36.8. The summed E-state index contributed by atoms with van der Waals surface area (Å²) in [6.07, 6.45) is -4.32. The molecule has 1 aromatic rings.